The summed E-state index contributed by atoms with van der Waals surface area (Å²) in [7, 11) is -3.57. The highest BCUT2D eigenvalue weighted by Crippen LogP contribution is 2.17. The Morgan fingerprint density at radius 2 is 1.85 bits per heavy atom. The van der Waals surface area contributed by atoms with Crippen LogP contribution >= 0.6 is 0 Å². The van der Waals surface area contributed by atoms with Crippen LogP contribution in [0.5, 0.6) is 0 Å². The summed E-state index contributed by atoms with van der Waals surface area (Å²) in [5.41, 5.74) is 1.02. The summed E-state index contributed by atoms with van der Waals surface area (Å²) in [6.07, 6.45) is 1.30. The molecule has 0 spiro atoms. The van der Waals surface area contributed by atoms with E-state index in [0.717, 1.165) is 5.56 Å². The molecule has 2 heterocycles. The lowest BCUT2D eigenvalue weighted by molar-refractivity contribution is -0.119. The van der Waals surface area contributed by atoms with Gasteiger partial charge in [0.1, 0.15) is 10.7 Å². The van der Waals surface area contributed by atoms with Crippen molar-refractivity contribution in [2.24, 2.45) is 0 Å². The number of nitrogens with zero attached hydrogens (tertiary/aromatic N) is 2. The minimum Gasteiger partial charge on any atom is -0.379 e. The van der Waals surface area contributed by atoms with E-state index < -0.39 is 10.0 Å². The predicted molar refractivity (Wildman–Crippen MR) is 101 cm³/mol. The number of aromatic nitrogens is 1. The van der Waals surface area contributed by atoms with Crippen LogP contribution in [-0.4, -0.2) is 56.5 Å². The fraction of sp³-hybridized carbons (Fsp3) is 0.333. The van der Waals surface area contributed by atoms with Gasteiger partial charge < -0.3 is 15.4 Å². The Hall–Kier alpha value is -2.49. The fourth-order valence-corrected chi connectivity index (χ4v) is 3.96. The molecular formula is C18H22N4O4S. The number of ether oxygens (including phenoxy) is 1. The van der Waals surface area contributed by atoms with Crippen molar-refractivity contribution in [3.8, 4) is 0 Å². The molecule has 0 radical (unpaired) electrons. The van der Waals surface area contributed by atoms with E-state index in [9.17, 15) is 13.2 Å². The third-order valence-corrected chi connectivity index (χ3v) is 5.99. The van der Waals surface area contributed by atoms with Crippen LogP contribution in [0.25, 0.3) is 0 Å². The first kappa shape index (κ1) is 19.3. The zero-order chi connectivity index (χ0) is 19.1. The van der Waals surface area contributed by atoms with E-state index in [1.807, 2.05) is 30.3 Å². The topological polar surface area (TPSA) is 101 Å². The van der Waals surface area contributed by atoms with Gasteiger partial charge in [-0.3, -0.25) is 4.79 Å². The predicted octanol–water partition coefficient (Wildman–Crippen LogP) is 0.831. The highest BCUT2D eigenvalue weighted by molar-refractivity contribution is 7.89. The summed E-state index contributed by atoms with van der Waals surface area (Å²) in [4.78, 5) is 16.1. The van der Waals surface area contributed by atoms with Crippen LogP contribution in [0.3, 0.4) is 0 Å². The molecule has 9 heteroatoms. The van der Waals surface area contributed by atoms with Gasteiger partial charge in [0.15, 0.2) is 0 Å². The molecule has 27 heavy (non-hydrogen) atoms. The summed E-state index contributed by atoms with van der Waals surface area (Å²) in [6.45, 7) is 1.96. The Balaban J connectivity index is 1.50. The van der Waals surface area contributed by atoms with E-state index in [1.54, 1.807) is 6.07 Å². The number of sulfonamides is 1. The number of benzene rings is 1. The molecule has 1 amide bonds. The van der Waals surface area contributed by atoms with Crippen molar-refractivity contribution in [2.75, 3.05) is 38.2 Å². The van der Waals surface area contributed by atoms with Crippen molar-refractivity contribution < 1.29 is 17.9 Å². The number of rotatable bonds is 7. The van der Waals surface area contributed by atoms with Gasteiger partial charge in [-0.25, -0.2) is 13.4 Å². The second-order valence-corrected chi connectivity index (χ2v) is 7.95. The van der Waals surface area contributed by atoms with Gasteiger partial charge in [-0.1, -0.05) is 30.3 Å². The number of pyridine rings is 1. The number of morpholine rings is 1. The first-order valence-corrected chi connectivity index (χ1v) is 10.1. The van der Waals surface area contributed by atoms with Crippen molar-refractivity contribution in [3.63, 3.8) is 0 Å². The minimum atomic E-state index is -3.57. The van der Waals surface area contributed by atoms with Gasteiger partial charge in [0.2, 0.25) is 15.9 Å². The standard InChI is InChI=1S/C18H22N4O4S/c23-18(21-12-15-4-2-1-3-5-15)14-20-17-7-6-16(13-19-17)27(24,25)22-8-10-26-11-9-22/h1-7,13H,8-12,14H2,(H,19,20)(H,21,23). The van der Waals surface area contributed by atoms with Crippen molar-refractivity contribution in [2.45, 2.75) is 11.4 Å². The number of hydrogen-bond donors (Lipinski definition) is 2. The van der Waals surface area contributed by atoms with Crippen molar-refractivity contribution >= 4 is 21.7 Å². The average Bonchev–Trinajstić information content (AvgIpc) is 2.72. The second-order valence-electron chi connectivity index (χ2n) is 6.01. The highest BCUT2D eigenvalue weighted by Gasteiger charge is 2.26. The van der Waals surface area contributed by atoms with Gasteiger partial charge in [-0.05, 0) is 17.7 Å². The molecule has 144 valence electrons. The summed E-state index contributed by atoms with van der Waals surface area (Å²) in [5, 5.41) is 5.69. The lowest BCUT2D eigenvalue weighted by Crippen LogP contribution is -2.40. The molecule has 1 aromatic carbocycles. The molecule has 1 fully saturated rings. The Morgan fingerprint density at radius 3 is 2.52 bits per heavy atom. The molecule has 0 saturated carbocycles. The summed E-state index contributed by atoms with van der Waals surface area (Å²) < 4.78 is 31.6. The van der Waals surface area contributed by atoms with Crippen molar-refractivity contribution in [1.29, 1.82) is 0 Å². The molecular weight excluding hydrogens is 368 g/mol. The number of nitrogens with one attached hydrogen (secondary N) is 2. The van der Waals surface area contributed by atoms with E-state index in [4.69, 9.17) is 4.74 Å². The van der Waals surface area contributed by atoms with Crippen LogP contribution < -0.4 is 10.6 Å². The average molecular weight is 390 g/mol. The number of anilines is 1. The van der Waals surface area contributed by atoms with Crippen LogP contribution in [0.4, 0.5) is 5.82 Å². The normalized spacial score (nSPS) is 15.3. The van der Waals surface area contributed by atoms with E-state index >= 15 is 0 Å². The van der Waals surface area contributed by atoms with Crippen molar-refractivity contribution in [3.05, 3.63) is 54.2 Å². The van der Waals surface area contributed by atoms with Crippen LogP contribution in [0.15, 0.2) is 53.6 Å². The molecule has 0 unspecified atom stereocenters. The Bertz CT molecular complexity index is 851. The van der Waals surface area contributed by atoms with Gasteiger partial charge in [-0.15, -0.1) is 0 Å². The lowest BCUT2D eigenvalue weighted by Gasteiger charge is -2.25. The van der Waals surface area contributed by atoms with E-state index in [1.165, 1.54) is 16.6 Å². The first-order chi connectivity index (χ1) is 13.1. The van der Waals surface area contributed by atoms with Gasteiger partial charge in [0.05, 0.1) is 19.8 Å². The largest absolute Gasteiger partial charge is 0.379 e. The van der Waals surface area contributed by atoms with E-state index in [2.05, 4.69) is 15.6 Å². The molecule has 0 atom stereocenters. The summed E-state index contributed by atoms with van der Waals surface area (Å²) in [5.74, 6) is 0.261. The number of carbonyl (C=O) groups excluding carboxylic acids is 1. The monoisotopic (exact) mass is 390 g/mol. The quantitative estimate of drug-likeness (QED) is 0.726. The zero-order valence-electron chi connectivity index (χ0n) is 14.8. The highest BCUT2D eigenvalue weighted by atomic mass is 32.2. The summed E-state index contributed by atoms with van der Waals surface area (Å²) in [6, 6.07) is 12.7. The van der Waals surface area contributed by atoms with Gasteiger partial charge in [-0.2, -0.15) is 4.31 Å². The molecule has 2 N–H and O–H groups in total. The second kappa shape index (κ2) is 8.94. The maximum Gasteiger partial charge on any atom is 0.244 e. The molecule has 1 saturated heterocycles. The number of hydrogen-bond acceptors (Lipinski definition) is 6. The van der Waals surface area contributed by atoms with E-state index in [-0.39, 0.29) is 17.3 Å². The van der Waals surface area contributed by atoms with Crippen LogP contribution in [0, 0.1) is 0 Å². The molecule has 3 rings (SSSR count). The summed E-state index contributed by atoms with van der Waals surface area (Å²) >= 11 is 0. The fourth-order valence-electron chi connectivity index (χ4n) is 2.60. The number of carbonyl (C=O) groups is 1. The van der Waals surface area contributed by atoms with Crippen LogP contribution in [0.1, 0.15) is 5.56 Å². The molecule has 8 nitrogen and oxygen atoms in total. The lowest BCUT2D eigenvalue weighted by atomic mass is 10.2. The Morgan fingerprint density at radius 1 is 1.11 bits per heavy atom. The molecule has 2 aromatic rings. The third kappa shape index (κ3) is 5.25. The van der Waals surface area contributed by atoms with Crippen LogP contribution in [-0.2, 0) is 26.1 Å². The molecule has 1 aromatic heterocycles. The molecule has 0 bridgehead atoms. The maximum atomic E-state index is 12.5. The SMILES string of the molecule is O=C(CNc1ccc(S(=O)(=O)N2CCOCC2)cn1)NCc1ccccc1. The Labute approximate surface area is 158 Å². The number of amides is 1. The van der Waals surface area contributed by atoms with Crippen molar-refractivity contribution in [1.82, 2.24) is 14.6 Å². The van der Waals surface area contributed by atoms with Gasteiger partial charge >= 0.3 is 0 Å². The molecule has 1 aliphatic rings. The Kier molecular flexibility index (Phi) is 6.38. The van der Waals surface area contributed by atoms with E-state index in [0.29, 0.717) is 38.7 Å². The first-order valence-electron chi connectivity index (χ1n) is 8.64. The molecule has 0 aliphatic carbocycles. The maximum absolute atomic E-state index is 12.5. The smallest absolute Gasteiger partial charge is 0.244 e. The van der Waals surface area contributed by atoms with Crippen LogP contribution in [0.2, 0.25) is 0 Å². The van der Waals surface area contributed by atoms with Gasteiger partial charge in [0, 0.05) is 25.8 Å². The zero-order valence-corrected chi connectivity index (χ0v) is 15.6. The van der Waals surface area contributed by atoms with Gasteiger partial charge in [0.25, 0.3) is 0 Å². The molecule has 1 aliphatic heterocycles. The third-order valence-electron chi connectivity index (χ3n) is 4.11. The minimum absolute atomic E-state index is 0.0510.